The molecule has 0 aromatic rings. The van der Waals surface area contributed by atoms with Crippen molar-refractivity contribution in [2.24, 2.45) is 0 Å². The molecule has 0 unspecified atom stereocenters. The molecule has 0 bridgehead atoms. The first-order chi connectivity index (χ1) is 10.5. The van der Waals surface area contributed by atoms with Crippen LogP contribution in [-0.4, -0.2) is 0 Å². The molecule has 0 atom stereocenters. The topological polar surface area (TPSA) is 0 Å². The Morgan fingerprint density at radius 3 is 1.71 bits per heavy atom. The van der Waals surface area contributed by atoms with Crippen molar-refractivity contribution < 1.29 is 0 Å². The predicted octanol–water partition coefficient (Wildman–Crippen LogP) is 6.43. The van der Waals surface area contributed by atoms with E-state index in [1.54, 1.807) is 0 Å². The van der Waals surface area contributed by atoms with Gasteiger partial charge in [-0.25, -0.2) is 0 Å². The average Bonchev–Trinajstić information content (AvgIpc) is 2.50. The zero-order valence-corrected chi connectivity index (χ0v) is 13.0. The van der Waals surface area contributed by atoms with Gasteiger partial charge in [0, 0.05) is 0 Å². The largest absolute Gasteiger partial charge is 0.0845 e. The molecule has 111 valence electrons. The molecule has 0 aliphatic heterocycles. The number of allylic oxidation sites excluding steroid dienone is 14. The van der Waals surface area contributed by atoms with Gasteiger partial charge in [0.25, 0.3) is 0 Å². The summed E-state index contributed by atoms with van der Waals surface area (Å²) < 4.78 is 0. The maximum atomic E-state index is 3.32. The van der Waals surface area contributed by atoms with Crippen molar-refractivity contribution in [3.8, 4) is 0 Å². The third kappa shape index (κ3) is 12.9. The molecule has 0 spiro atoms. The lowest BCUT2D eigenvalue weighted by Gasteiger charge is -1.97. The third-order valence-electron chi connectivity index (χ3n) is 3.15. The van der Waals surface area contributed by atoms with E-state index in [4.69, 9.17) is 0 Å². The van der Waals surface area contributed by atoms with Gasteiger partial charge in [0.1, 0.15) is 0 Å². The van der Waals surface area contributed by atoms with E-state index in [0.717, 1.165) is 6.42 Å². The van der Waals surface area contributed by atoms with E-state index in [9.17, 15) is 0 Å². The first-order valence-corrected chi connectivity index (χ1v) is 8.05. The van der Waals surface area contributed by atoms with Crippen LogP contribution in [-0.2, 0) is 0 Å². The molecule has 1 rings (SSSR count). The molecule has 0 aromatic heterocycles. The van der Waals surface area contributed by atoms with Crippen LogP contribution in [0.3, 0.4) is 0 Å². The van der Waals surface area contributed by atoms with Gasteiger partial charge in [-0.15, -0.1) is 0 Å². The van der Waals surface area contributed by atoms with Crippen molar-refractivity contribution in [1.29, 1.82) is 0 Å². The van der Waals surface area contributed by atoms with Gasteiger partial charge in [0.05, 0.1) is 0 Å². The van der Waals surface area contributed by atoms with E-state index in [2.05, 4.69) is 30.4 Å². The van der Waals surface area contributed by atoms with Crippen LogP contribution in [0.15, 0.2) is 79.0 Å². The Balaban J connectivity index is 2.42. The fourth-order valence-corrected chi connectivity index (χ4v) is 1.98. The summed E-state index contributed by atoms with van der Waals surface area (Å²) in [6, 6.07) is 0. The Kier molecular flexibility index (Phi) is 12.0. The van der Waals surface area contributed by atoms with Gasteiger partial charge in [-0.1, -0.05) is 98.3 Å². The second kappa shape index (κ2) is 14.6. The van der Waals surface area contributed by atoms with Crippen LogP contribution in [0.5, 0.6) is 0 Å². The number of hydrogen-bond donors (Lipinski definition) is 0. The minimum atomic E-state index is 1.07. The summed E-state index contributed by atoms with van der Waals surface area (Å²) in [6.45, 7) is 0. The van der Waals surface area contributed by atoms with Gasteiger partial charge in [-0.05, 0) is 31.8 Å². The van der Waals surface area contributed by atoms with Crippen LogP contribution in [0.25, 0.3) is 0 Å². The van der Waals surface area contributed by atoms with Gasteiger partial charge in [0.2, 0.25) is 0 Å². The van der Waals surface area contributed by atoms with Gasteiger partial charge >= 0.3 is 0 Å². The van der Waals surface area contributed by atoms with E-state index in [1.807, 2.05) is 54.7 Å². The fourth-order valence-electron chi connectivity index (χ4n) is 1.98. The lowest BCUT2D eigenvalue weighted by atomic mass is 10.1. The second-order valence-electron chi connectivity index (χ2n) is 5.03. The van der Waals surface area contributed by atoms with Crippen LogP contribution < -0.4 is 0 Å². The van der Waals surface area contributed by atoms with Crippen LogP contribution in [0.4, 0.5) is 0 Å². The molecule has 0 aromatic carbocycles. The maximum absolute atomic E-state index is 3.32. The normalized spacial score (nSPS) is 29.3. The summed E-state index contributed by atoms with van der Waals surface area (Å²) in [7, 11) is 0. The van der Waals surface area contributed by atoms with Crippen molar-refractivity contribution in [3.63, 3.8) is 0 Å². The van der Waals surface area contributed by atoms with Crippen LogP contribution in [0.2, 0.25) is 0 Å². The van der Waals surface area contributed by atoms with E-state index in [0.29, 0.717) is 0 Å². The molecular formula is C21H27. The smallest absolute Gasteiger partial charge is 0.0276 e. The Bertz CT molecular complexity index is 385. The molecule has 1 aliphatic carbocycles. The Labute approximate surface area is 130 Å². The van der Waals surface area contributed by atoms with Crippen molar-refractivity contribution in [3.05, 3.63) is 85.1 Å². The summed E-state index contributed by atoms with van der Waals surface area (Å²) in [5.74, 6) is 0. The number of hydrogen-bond acceptors (Lipinski definition) is 0. The minimum Gasteiger partial charge on any atom is -0.0845 e. The molecular weight excluding hydrogens is 252 g/mol. The molecule has 0 amide bonds. The van der Waals surface area contributed by atoms with Crippen molar-refractivity contribution in [2.75, 3.05) is 0 Å². The lowest BCUT2D eigenvalue weighted by molar-refractivity contribution is 0.619. The molecule has 1 aliphatic rings. The number of rotatable bonds is 0. The van der Waals surface area contributed by atoms with Crippen molar-refractivity contribution in [2.45, 2.75) is 44.9 Å². The highest BCUT2D eigenvalue weighted by Gasteiger charge is 1.88. The Hall–Kier alpha value is -1.82. The first-order valence-electron chi connectivity index (χ1n) is 8.05. The highest BCUT2D eigenvalue weighted by atomic mass is 13.9. The van der Waals surface area contributed by atoms with Crippen LogP contribution >= 0.6 is 0 Å². The first kappa shape index (κ1) is 17.2. The quantitative estimate of drug-likeness (QED) is 0.479. The average molecular weight is 279 g/mol. The van der Waals surface area contributed by atoms with Gasteiger partial charge in [-0.3, -0.25) is 0 Å². The molecule has 0 heterocycles. The highest BCUT2D eigenvalue weighted by Crippen LogP contribution is 2.07. The van der Waals surface area contributed by atoms with Gasteiger partial charge in [-0.2, -0.15) is 0 Å². The molecule has 0 N–H and O–H groups in total. The SMILES string of the molecule is [C]1=C/C=C/C=C\C=C/C=C\C=C\C=C\CCCCCCC/1. The van der Waals surface area contributed by atoms with E-state index >= 15 is 0 Å². The summed E-state index contributed by atoms with van der Waals surface area (Å²) in [6.07, 6.45) is 39.0. The Morgan fingerprint density at radius 1 is 0.476 bits per heavy atom. The fraction of sp³-hybridized carbons (Fsp3) is 0.333. The zero-order chi connectivity index (χ0) is 14.8. The summed E-state index contributed by atoms with van der Waals surface area (Å²) in [4.78, 5) is 0. The minimum absolute atomic E-state index is 1.07. The maximum Gasteiger partial charge on any atom is -0.0276 e. The van der Waals surface area contributed by atoms with Crippen molar-refractivity contribution >= 4 is 0 Å². The van der Waals surface area contributed by atoms with Crippen molar-refractivity contribution in [1.82, 2.24) is 0 Å². The van der Waals surface area contributed by atoms with E-state index in [-0.39, 0.29) is 0 Å². The van der Waals surface area contributed by atoms with E-state index < -0.39 is 0 Å². The van der Waals surface area contributed by atoms with E-state index in [1.165, 1.54) is 38.5 Å². The molecule has 1 radical (unpaired) electrons. The molecule has 0 fully saturated rings. The predicted molar refractivity (Wildman–Crippen MR) is 95.0 cm³/mol. The van der Waals surface area contributed by atoms with Crippen LogP contribution in [0, 0.1) is 6.08 Å². The van der Waals surface area contributed by atoms with Gasteiger partial charge in [0.15, 0.2) is 0 Å². The lowest BCUT2D eigenvalue weighted by Crippen LogP contribution is -1.78. The molecule has 21 heavy (non-hydrogen) atoms. The third-order valence-corrected chi connectivity index (χ3v) is 3.15. The summed E-state index contributed by atoms with van der Waals surface area (Å²) in [5, 5.41) is 0. The second-order valence-corrected chi connectivity index (χ2v) is 5.03. The molecule has 0 heteroatoms. The highest BCUT2D eigenvalue weighted by molar-refractivity contribution is 5.20. The molecule has 0 saturated heterocycles. The standard InChI is InChI=1S/C21H27/c1-2-4-6-8-10-12-14-16-18-20-21-19-17-15-13-11-9-7-5-3-1/h1-13H,14,16-21H2/b3-1-,4-2-,7-5-,8-6+,11-9+,12-10+,15-13?. The Morgan fingerprint density at radius 2 is 1.00 bits per heavy atom. The monoisotopic (exact) mass is 279 g/mol. The summed E-state index contributed by atoms with van der Waals surface area (Å²) in [5.41, 5.74) is 0. The zero-order valence-electron chi connectivity index (χ0n) is 13.0. The van der Waals surface area contributed by atoms with Crippen LogP contribution in [0.1, 0.15) is 44.9 Å². The molecule has 0 nitrogen and oxygen atoms in total. The summed E-state index contributed by atoms with van der Waals surface area (Å²) >= 11 is 0. The van der Waals surface area contributed by atoms with Gasteiger partial charge < -0.3 is 0 Å². The molecule has 0 saturated carbocycles.